The zero-order chi connectivity index (χ0) is 27.4. The summed E-state index contributed by atoms with van der Waals surface area (Å²) in [5.74, 6) is 0.486. The van der Waals surface area contributed by atoms with Gasteiger partial charge in [-0.2, -0.15) is 0 Å². The lowest BCUT2D eigenvalue weighted by Crippen LogP contribution is -2.36. The van der Waals surface area contributed by atoms with Gasteiger partial charge in [0.1, 0.15) is 0 Å². The van der Waals surface area contributed by atoms with Crippen molar-refractivity contribution < 1.29 is 8.42 Å². The number of nitrogens with zero attached hydrogens (tertiary/aromatic N) is 2. The van der Waals surface area contributed by atoms with Crippen LogP contribution in [0.5, 0.6) is 0 Å². The Morgan fingerprint density at radius 1 is 0.974 bits per heavy atom. The van der Waals surface area contributed by atoms with E-state index in [4.69, 9.17) is 4.98 Å². The SMILES string of the molecule is CCc1cccc(CC)c1-c1cc(CNS(C)(=O)=O)c(C(CC(C)C)N2CCc3ccccc3C2)c(C)n1. The Kier molecular flexibility index (Phi) is 9.07. The molecule has 0 saturated carbocycles. The number of hydrogen-bond acceptors (Lipinski definition) is 4. The average Bonchev–Trinajstić information content (AvgIpc) is 2.89. The van der Waals surface area contributed by atoms with Crippen molar-refractivity contribution in [1.29, 1.82) is 0 Å². The highest BCUT2D eigenvalue weighted by Gasteiger charge is 2.30. The molecule has 0 spiro atoms. The molecule has 0 saturated heterocycles. The summed E-state index contributed by atoms with van der Waals surface area (Å²) in [6, 6.07) is 17.5. The third-order valence-electron chi connectivity index (χ3n) is 7.74. The van der Waals surface area contributed by atoms with E-state index in [1.54, 1.807) is 0 Å². The van der Waals surface area contributed by atoms with Crippen molar-refractivity contribution >= 4 is 10.0 Å². The lowest BCUT2D eigenvalue weighted by molar-refractivity contribution is 0.156. The van der Waals surface area contributed by atoms with Crippen LogP contribution in [0.2, 0.25) is 0 Å². The Bertz CT molecular complexity index is 1360. The first-order chi connectivity index (χ1) is 18.1. The van der Waals surface area contributed by atoms with Gasteiger partial charge in [0.25, 0.3) is 0 Å². The Labute approximate surface area is 229 Å². The molecular weight excluding hydrogens is 490 g/mol. The fourth-order valence-electron chi connectivity index (χ4n) is 5.94. The minimum Gasteiger partial charge on any atom is -0.292 e. The van der Waals surface area contributed by atoms with E-state index in [0.717, 1.165) is 55.7 Å². The molecule has 2 aromatic carbocycles. The molecule has 1 aliphatic heterocycles. The van der Waals surface area contributed by atoms with E-state index in [0.29, 0.717) is 5.92 Å². The highest BCUT2D eigenvalue weighted by atomic mass is 32.2. The summed E-state index contributed by atoms with van der Waals surface area (Å²) in [7, 11) is -3.35. The van der Waals surface area contributed by atoms with Gasteiger partial charge >= 0.3 is 0 Å². The van der Waals surface area contributed by atoms with Gasteiger partial charge in [-0.05, 0) is 78.0 Å². The predicted octanol–water partition coefficient (Wildman–Crippen LogP) is 6.38. The van der Waals surface area contributed by atoms with Crippen LogP contribution in [0.1, 0.15) is 79.2 Å². The van der Waals surface area contributed by atoms with E-state index in [1.807, 2.05) is 0 Å². The van der Waals surface area contributed by atoms with E-state index in [-0.39, 0.29) is 12.6 Å². The second-order valence-corrected chi connectivity index (χ2v) is 12.9. The van der Waals surface area contributed by atoms with Gasteiger partial charge in [-0.15, -0.1) is 0 Å². The van der Waals surface area contributed by atoms with Crippen LogP contribution in [0.4, 0.5) is 0 Å². The Morgan fingerprint density at radius 3 is 2.24 bits per heavy atom. The summed E-state index contributed by atoms with van der Waals surface area (Å²) >= 11 is 0. The normalized spacial score (nSPS) is 15.0. The fraction of sp³-hybridized carbons (Fsp3) is 0.469. The number of pyridine rings is 1. The molecule has 1 N–H and O–H groups in total. The van der Waals surface area contributed by atoms with Gasteiger partial charge in [-0.3, -0.25) is 9.88 Å². The van der Waals surface area contributed by atoms with Crippen LogP contribution in [-0.2, 0) is 42.4 Å². The van der Waals surface area contributed by atoms with Gasteiger partial charge in [0.05, 0.1) is 11.9 Å². The van der Waals surface area contributed by atoms with Crippen LogP contribution >= 0.6 is 0 Å². The molecule has 1 aliphatic rings. The molecule has 0 aliphatic carbocycles. The quantitative estimate of drug-likeness (QED) is 0.329. The molecule has 0 amide bonds. The highest BCUT2D eigenvalue weighted by molar-refractivity contribution is 7.88. The zero-order valence-electron chi connectivity index (χ0n) is 23.8. The molecular formula is C32H43N3O2S. The molecule has 5 nitrogen and oxygen atoms in total. The van der Waals surface area contributed by atoms with Gasteiger partial charge in [0, 0.05) is 36.9 Å². The number of fused-ring (bicyclic) bond motifs is 1. The Hall–Kier alpha value is -2.54. The third kappa shape index (κ3) is 6.53. The molecule has 4 rings (SSSR count). The van der Waals surface area contributed by atoms with Gasteiger partial charge in [-0.25, -0.2) is 13.1 Å². The molecule has 0 radical (unpaired) electrons. The van der Waals surface area contributed by atoms with Crippen LogP contribution in [0.15, 0.2) is 48.5 Å². The van der Waals surface area contributed by atoms with Crippen LogP contribution < -0.4 is 4.72 Å². The molecule has 38 heavy (non-hydrogen) atoms. The monoisotopic (exact) mass is 533 g/mol. The first-order valence-corrected chi connectivity index (χ1v) is 15.9. The maximum Gasteiger partial charge on any atom is 0.209 e. The van der Waals surface area contributed by atoms with E-state index < -0.39 is 10.0 Å². The molecule has 1 aromatic heterocycles. The molecule has 0 bridgehead atoms. The molecule has 1 unspecified atom stereocenters. The minimum atomic E-state index is -3.35. The van der Waals surface area contributed by atoms with Gasteiger partial charge < -0.3 is 0 Å². The number of aromatic nitrogens is 1. The number of nitrogens with one attached hydrogen (secondary N) is 1. The lowest BCUT2D eigenvalue weighted by Gasteiger charge is -2.38. The Balaban J connectivity index is 1.86. The van der Waals surface area contributed by atoms with Crippen molar-refractivity contribution in [2.45, 2.75) is 79.4 Å². The van der Waals surface area contributed by atoms with Crippen molar-refractivity contribution in [2.24, 2.45) is 5.92 Å². The van der Waals surface area contributed by atoms with E-state index in [1.165, 1.54) is 39.6 Å². The number of sulfonamides is 1. The molecule has 2 heterocycles. The summed E-state index contributed by atoms with van der Waals surface area (Å²) in [4.78, 5) is 7.81. The second-order valence-electron chi connectivity index (χ2n) is 11.1. The van der Waals surface area contributed by atoms with Crippen molar-refractivity contribution in [3.8, 4) is 11.3 Å². The molecule has 204 valence electrons. The average molecular weight is 534 g/mol. The number of hydrogen-bond donors (Lipinski definition) is 1. The van der Waals surface area contributed by atoms with Gasteiger partial charge in [0.2, 0.25) is 10.0 Å². The van der Waals surface area contributed by atoms with Gasteiger partial charge in [-0.1, -0.05) is 70.2 Å². The van der Waals surface area contributed by atoms with E-state index in [9.17, 15) is 8.42 Å². The predicted molar refractivity (Wildman–Crippen MR) is 158 cm³/mol. The zero-order valence-corrected chi connectivity index (χ0v) is 24.7. The van der Waals surface area contributed by atoms with E-state index in [2.05, 4.69) is 92.8 Å². The van der Waals surface area contributed by atoms with E-state index >= 15 is 0 Å². The summed E-state index contributed by atoms with van der Waals surface area (Å²) in [6.45, 7) is 13.1. The van der Waals surface area contributed by atoms with Crippen molar-refractivity contribution in [3.63, 3.8) is 0 Å². The maximum absolute atomic E-state index is 12.2. The lowest BCUT2D eigenvalue weighted by atomic mass is 9.87. The molecule has 6 heteroatoms. The number of rotatable bonds is 10. The summed E-state index contributed by atoms with van der Waals surface area (Å²) < 4.78 is 27.2. The summed E-state index contributed by atoms with van der Waals surface area (Å²) in [5, 5.41) is 0. The standard InChI is InChI=1S/C32H43N3O2S/c1-7-24-14-11-15-25(8-2)32(24)29-19-28(20-33-38(6,36)37)31(23(5)34-29)30(18-22(3)4)35-17-16-26-12-9-10-13-27(26)21-35/h9-15,19,22,30,33H,7-8,16-18,20-21H2,1-6H3. The first kappa shape index (κ1) is 28.5. The van der Waals surface area contributed by atoms with Crippen LogP contribution in [0.3, 0.4) is 0 Å². The third-order valence-corrected chi connectivity index (χ3v) is 8.41. The van der Waals surface area contributed by atoms with Gasteiger partial charge in [0.15, 0.2) is 0 Å². The molecule has 0 fully saturated rings. The van der Waals surface area contributed by atoms with Crippen LogP contribution in [-0.4, -0.2) is 31.1 Å². The largest absolute Gasteiger partial charge is 0.292 e. The summed E-state index contributed by atoms with van der Waals surface area (Å²) in [5.41, 5.74) is 10.7. The first-order valence-electron chi connectivity index (χ1n) is 14.0. The van der Waals surface area contributed by atoms with Crippen molar-refractivity contribution in [1.82, 2.24) is 14.6 Å². The van der Waals surface area contributed by atoms with Crippen LogP contribution in [0, 0.1) is 12.8 Å². The minimum absolute atomic E-state index is 0.160. The van der Waals surface area contributed by atoms with Crippen molar-refractivity contribution in [2.75, 3.05) is 12.8 Å². The van der Waals surface area contributed by atoms with Crippen molar-refractivity contribution in [3.05, 3.63) is 87.6 Å². The number of benzene rings is 2. The number of aryl methyl sites for hydroxylation is 3. The highest BCUT2D eigenvalue weighted by Crippen LogP contribution is 2.38. The smallest absolute Gasteiger partial charge is 0.209 e. The second kappa shape index (κ2) is 12.1. The maximum atomic E-state index is 12.2. The fourth-order valence-corrected chi connectivity index (χ4v) is 6.36. The molecule has 1 atom stereocenters. The summed E-state index contributed by atoms with van der Waals surface area (Å²) in [6.07, 6.45) is 5.09. The Morgan fingerprint density at radius 2 is 1.63 bits per heavy atom. The van der Waals surface area contributed by atoms with Crippen LogP contribution in [0.25, 0.3) is 11.3 Å². The topological polar surface area (TPSA) is 62.3 Å². The molecule has 3 aromatic rings.